The molecule has 4 nitrogen and oxygen atoms in total. The largest absolute Gasteiger partial charge is 0.370 e. The highest BCUT2D eigenvalue weighted by atomic mass is 32.2. The summed E-state index contributed by atoms with van der Waals surface area (Å²) < 4.78 is 35.5. The quantitative estimate of drug-likeness (QED) is 0.239. The van der Waals surface area contributed by atoms with Crippen LogP contribution in [0.3, 0.4) is 0 Å². The average molecular weight is 349 g/mol. The Morgan fingerprint density at radius 3 is 1.65 bits per heavy atom. The van der Waals surface area contributed by atoms with Gasteiger partial charge < -0.3 is 4.74 Å². The Morgan fingerprint density at radius 1 is 0.739 bits per heavy atom. The van der Waals surface area contributed by atoms with Gasteiger partial charge in [-0.3, -0.25) is 4.55 Å². The molecular formula is C18H36O4S. The van der Waals surface area contributed by atoms with Gasteiger partial charge in [0, 0.05) is 0 Å². The predicted molar refractivity (Wildman–Crippen MR) is 95.4 cm³/mol. The molecule has 0 amide bonds. The van der Waals surface area contributed by atoms with Crippen molar-refractivity contribution in [1.29, 1.82) is 0 Å². The van der Waals surface area contributed by atoms with Crippen LogP contribution in [0.5, 0.6) is 0 Å². The molecule has 5 heteroatoms. The fourth-order valence-electron chi connectivity index (χ4n) is 3.15. The molecule has 1 rings (SSSR count). The first kappa shape index (κ1) is 20.9. The van der Waals surface area contributed by atoms with Crippen molar-refractivity contribution < 1.29 is 17.7 Å². The van der Waals surface area contributed by atoms with E-state index in [1.807, 2.05) is 0 Å². The first-order chi connectivity index (χ1) is 11.0. The van der Waals surface area contributed by atoms with E-state index in [9.17, 15) is 8.42 Å². The Hall–Kier alpha value is -0.130. The van der Waals surface area contributed by atoms with Crippen molar-refractivity contribution in [3.8, 4) is 0 Å². The zero-order valence-corrected chi connectivity index (χ0v) is 15.7. The summed E-state index contributed by atoms with van der Waals surface area (Å²) >= 11 is 0. The molecule has 0 saturated carbocycles. The Morgan fingerprint density at radius 2 is 1.17 bits per heavy atom. The molecule has 1 saturated heterocycles. The highest BCUT2D eigenvalue weighted by Crippen LogP contribution is 2.31. The summed E-state index contributed by atoms with van der Waals surface area (Å²) in [5.74, 6) is -0.0942. The van der Waals surface area contributed by atoms with E-state index in [1.54, 1.807) is 0 Å². The van der Waals surface area contributed by atoms with E-state index in [-0.39, 0.29) is 5.75 Å². The summed E-state index contributed by atoms with van der Waals surface area (Å²) in [5.41, 5.74) is 0. The summed E-state index contributed by atoms with van der Waals surface area (Å²) in [6.45, 7) is 2.25. The molecule has 0 aliphatic carbocycles. The third-order valence-corrected chi connectivity index (χ3v) is 5.48. The van der Waals surface area contributed by atoms with E-state index in [2.05, 4.69) is 6.92 Å². The minimum absolute atomic E-state index is 0.0942. The average Bonchev–Trinajstić information content (AvgIpc) is 3.23. The lowest BCUT2D eigenvalue weighted by atomic mass is 10.0. The molecule has 1 heterocycles. The van der Waals surface area contributed by atoms with Gasteiger partial charge in [0.15, 0.2) is 0 Å². The highest BCUT2D eigenvalue weighted by molar-refractivity contribution is 7.85. The monoisotopic (exact) mass is 348 g/mol. The molecule has 1 aliphatic rings. The number of epoxide rings is 1. The maximum atomic E-state index is 10.6. The fraction of sp³-hybridized carbons (Fsp3) is 1.00. The summed E-state index contributed by atoms with van der Waals surface area (Å²) in [6, 6.07) is 0. The molecule has 0 radical (unpaired) electrons. The molecule has 2 unspecified atom stereocenters. The Labute approximate surface area is 143 Å². The summed E-state index contributed by atoms with van der Waals surface area (Å²) in [6.07, 6.45) is 17.7. The lowest BCUT2D eigenvalue weighted by Gasteiger charge is -2.01. The van der Waals surface area contributed by atoms with Gasteiger partial charge in [-0.05, 0) is 19.3 Å². The number of unbranched alkanes of at least 4 members (excludes halogenated alkanes) is 10. The van der Waals surface area contributed by atoms with Crippen LogP contribution < -0.4 is 0 Å². The topological polar surface area (TPSA) is 66.9 Å². The zero-order chi connectivity index (χ0) is 17.0. The van der Waals surface area contributed by atoms with Crippen molar-refractivity contribution in [2.24, 2.45) is 0 Å². The molecule has 0 spiro atoms. The minimum Gasteiger partial charge on any atom is -0.370 e. The van der Waals surface area contributed by atoms with Crippen LogP contribution in [-0.2, 0) is 14.9 Å². The van der Waals surface area contributed by atoms with Crippen LogP contribution in [0.25, 0.3) is 0 Å². The van der Waals surface area contributed by atoms with Crippen molar-refractivity contribution >= 4 is 10.1 Å². The molecule has 0 aromatic heterocycles. The van der Waals surface area contributed by atoms with Crippen LogP contribution in [0.15, 0.2) is 0 Å². The van der Waals surface area contributed by atoms with Gasteiger partial charge in [-0.1, -0.05) is 77.6 Å². The maximum absolute atomic E-state index is 10.6. The van der Waals surface area contributed by atoms with E-state index >= 15 is 0 Å². The van der Waals surface area contributed by atoms with Crippen molar-refractivity contribution in [3.05, 3.63) is 0 Å². The van der Waals surface area contributed by atoms with Crippen LogP contribution >= 0.6 is 0 Å². The number of hydrogen-bond donors (Lipinski definition) is 1. The molecule has 0 aromatic rings. The van der Waals surface area contributed by atoms with E-state index in [0.717, 1.165) is 19.3 Å². The smallest absolute Gasteiger partial charge is 0.264 e. The normalized spacial score (nSPS) is 20.8. The number of rotatable bonds is 16. The molecule has 0 aromatic carbocycles. The number of hydrogen-bond acceptors (Lipinski definition) is 3. The van der Waals surface area contributed by atoms with Crippen LogP contribution in [0.1, 0.15) is 96.8 Å². The molecule has 1 N–H and O–H groups in total. The minimum atomic E-state index is -3.76. The molecular weight excluding hydrogens is 312 g/mol. The van der Waals surface area contributed by atoms with Crippen LogP contribution in [0.2, 0.25) is 0 Å². The van der Waals surface area contributed by atoms with E-state index in [0.29, 0.717) is 18.6 Å². The first-order valence-electron chi connectivity index (χ1n) is 9.63. The first-order valence-corrected chi connectivity index (χ1v) is 11.2. The Balaban J connectivity index is 1.78. The second kappa shape index (κ2) is 12.3. The van der Waals surface area contributed by atoms with Gasteiger partial charge in [-0.15, -0.1) is 0 Å². The zero-order valence-electron chi connectivity index (χ0n) is 14.8. The SMILES string of the molecule is CCCCCCCCC1OC1CCCCCCCCS(=O)(=O)O. The molecule has 0 bridgehead atoms. The standard InChI is InChI=1S/C18H36O4S/c1-2-3-4-5-8-11-14-17-18(22-17)15-12-9-6-7-10-13-16-23(19,20)21/h17-18H,2-16H2,1H3,(H,19,20,21). The Bertz CT molecular complexity index is 380. The van der Waals surface area contributed by atoms with Gasteiger partial charge in [-0.25, -0.2) is 0 Å². The van der Waals surface area contributed by atoms with E-state index in [4.69, 9.17) is 9.29 Å². The second-order valence-electron chi connectivity index (χ2n) is 6.97. The van der Waals surface area contributed by atoms with Crippen LogP contribution in [-0.4, -0.2) is 30.9 Å². The fourth-order valence-corrected chi connectivity index (χ4v) is 3.72. The second-order valence-corrected chi connectivity index (χ2v) is 8.54. The van der Waals surface area contributed by atoms with Crippen molar-refractivity contribution in [3.63, 3.8) is 0 Å². The van der Waals surface area contributed by atoms with Gasteiger partial charge in [0.25, 0.3) is 10.1 Å². The molecule has 1 aliphatic heterocycles. The van der Waals surface area contributed by atoms with Gasteiger partial charge in [0.05, 0.1) is 18.0 Å². The van der Waals surface area contributed by atoms with Crippen molar-refractivity contribution in [2.75, 3.05) is 5.75 Å². The highest BCUT2D eigenvalue weighted by Gasteiger charge is 2.36. The van der Waals surface area contributed by atoms with Crippen LogP contribution in [0.4, 0.5) is 0 Å². The summed E-state index contributed by atoms with van der Waals surface area (Å²) in [4.78, 5) is 0. The Kier molecular flexibility index (Phi) is 11.2. The molecule has 138 valence electrons. The van der Waals surface area contributed by atoms with Gasteiger partial charge >= 0.3 is 0 Å². The number of ether oxygens (including phenoxy) is 1. The summed E-state index contributed by atoms with van der Waals surface area (Å²) in [5, 5.41) is 0. The predicted octanol–water partition coefficient (Wildman–Crippen LogP) is 5.12. The molecule has 23 heavy (non-hydrogen) atoms. The van der Waals surface area contributed by atoms with Crippen LogP contribution in [0, 0.1) is 0 Å². The third kappa shape index (κ3) is 12.9. The summed E-state index contributed by atoms with van der Waals surface area (Å²) in [7, 11) is -3.76. The lowest BCUT2D eigenvalue weighted by Crippen LogP contribution is -2.03. The van der Waals surface area contributed by atoms with Crippen molar-refractivity contribution in [2.45, 2.75) is 109 Å². The van der Waals surface area contributed by atoms with Gasteiger partial charge in [-0.2, -0.15) is 8.42 Å². The molecule has 1 fully saturated rings. The van der Waals surface area contributed by atoms with Crippen molar-refractivity contribution in [1.82, 2.24) is 0 Å². The van der Waals surface area contributed by atoms with E-state index in [1.165, 1.54) is 64.2 Å². The molecule has 2 atom stereocenters. The maximum Gasteiger partial charge on any atom is 0.264 e. The third-order valence-electron chi connectivity index (χ3n) is 4.67. The lowest BCUT2D eigenvalue weighted by molar-refractivity contribution is 0.347. The van der Waals surface area contributed by atoms with Gasteiger partial charge in [0.2, 0.25) is 0 Å². The van der Waals surface area contributed by atoms with Gasteiger partial charge in [0.1, 0.15) is 0 Å². The van der Waals surface area contributed by atoms with E-state index < -0.39 is 10.1 Å².